The van der Waals surface area contributed by atoms with Gasteiger partial charge in [-0.2, -0.15) is 0 Å². The molecule has 0 saturated carbocycles. The normalized spacial score (nSPS) is 30.3. The maximum absolute atomic E-state index is 13.6. The van der Waals surface area contributed by atoms with E-state index in [9.17, 15) is 14.5 Å². The molecule has 0 aliphatic carbocycles. The minimum absolute atomic E-state index is 0.0230. The van der Waals surface area contributed by atoms with Gasteiger partial charge in [0.25, 0.3) is 0 Å². The molecule has 1 saturated heterocycles. The van der Waals surface area contributed by atoms with Gasteiger partial charge in [0.2, 0.25) is 0 Å². The lowest BCUT2D eigenvalue weighted by atomic mass is 10.0. The number of aliphatic hydroxyl groups is 1. The van der Waals surface area contributed by atoms with Crippen LogP contribution in [0.2, 0.25) is 0 Å². The Morgan fingerprint density at radius 3 is 2.78 bits per heavy atom. The fraction of sp³-hybridized carbons (Fsp3) is 0.400. The van der Waals surface area contributed by atoms with E-state index in [1.54, 1.807) is 19.1 Å². The van der Waals surface area contributed by atoms with Crippen molar-refractivity contribution in [3.8, 4) is 0 Å². The van der Waals surface area contributed by atoms with Gasteiger partial charge in [0.05, 0.1) is 18.9 Å². The molecule has 1 unspecified atom stereocenters. The van der Waals surface area contributed by atoms with Crippen molar-refractivity contribution >= 4 is 18.4 Å². The molecule has 1 aliphatic rings. The minimum Gasteiger partial charge on any atom is -0.464 e. The van der Waals surface area contributed by atoms with Crippen LogP contribution in [0.25, 0.3) is 0 Å². The zero-order valence-corrected chi connectivity index (χ0v) is 13.8. The van der Waals surface area contributed by atoms with Crippen molar-refractivity contribution in [2.75, 3.05) is 13.3 Å². The number of benzene rings is 1. The van der Waals surface area contributed by atoms with Crippen LogP contribution in [0.5, 0.6) is 0 Å². The van der Waals surface area contributed by atoms with Crippen LogP contribution in [0.15, 0.2) is 36.5 Å². The molecular weight excluding hydrogens is 317 g/mol. The fourth-order valence-corrected chi connectivity index (χ4v) is 6.88. The summed E-state index contributed by atoms with van der Waals surface area (Å²) < 4.78 is 19.6. The van der Waals surface area contributed by atoms with E-state index in [-0.39, 0.29) is 5.69 Å². The van der Waals surface area contributed by atoms with E-state index in [1.807, 2.05) is 18.2 Å². The molecule has 2 heterocycles. The highest BCUT2D eigenvalue weighted by Gasteiger charge is 2.54. The minimum atomic E-state index is -2.94. The Kier molecular flexibility index (Phi) is 3.86. The van der Waals surface area contributed by atoms with Gasteiger partial charge >= 0.3 is 5.97 Å². The lowest BCUT2D eigenvalue weighted by molar-refractivity contribution is 0.0371. The molecular formula is C15H18N3O4P. The average Bonchev–Trinajstić information content (AvgIpc) is 3.11. The predicted molar refractivity (Wildman–Crippen MR) is 84.2 cm³/mol. The molecule has 1 N–H and O–H groups in total. The van der Waals surface area contributed by atoms with Crippen molar-refractivity contribution in [2.45, 2.75) is 24.7 Å². The number of methoxy groups -OCH3 is 1. The smallest absolute Gasteiger partial charge is 0.360 e. The molecule has 0 bridgehead atoms. The van der Waals surface area contributed by atoms with E-state index in [4.69, 9.17) is 0 Å². The third-order valence-electron chi connectivity index (χ3n) is 4.25. The quantitative estimate of drug-likeness (QED) is 0.673. The monoisotopic (exact) mass is 335 g/mol. The maximum atomic E-state index is 13.6. The van der Waals surface area contributed by atoms with Crippen LogP contribution < -0.4 is 5.30 Å². The van der Waals surface area contributed by atoms with Crippen molar-refractivity contribution in [2.24, 2.45) is 0 Å². The van der Waals surface area contributed by atoms with Crippen LogP contribution in [-0.2, 0) is 9.30 Å². The Morgan fingerprint density at radius 1 is 1.43 bits per heavy atom. The van der Waals surface area contributed by atoms with Crippen molar-refractivity contribution in [3.63, 3.8) is 0 Å². The summed E-state index contributed by atoms with van der Waals surface area (Å²) in [6, 6.07) is 9.09. The summed E-state index contributed by atoms with van der Waals surface area (Å²) in [6.07, 6.45) is 2.14. The zero-order valence-electron chi connectivity index (χ0n) is 12.9. The lowest BCUT2D eigenvalue weighted by Crippen LogP contribution is -2.33. The second kappa shape index (κ2) is 5.58. The summed E-state index contributed by atoms with van der Waals surface area (Å²) in [5.41, 5.74) is -1.18. The summed E-state index contributed by atoms with van der Waals surface area (Å²) in [6.45, 7) is 1.64. The molecule has 7 nitrogen and oxygen atoms in total. The van der Waals surface area contributed by atoms with E-state index < -0.39 is 24.5 Å². The molecule has 122 valence electrons. The molecule has 1 fully saturated rings. The van der Waals surface area contributed by atoms with Crippen LogP contribution in [0, 0.1) is 0 Å². The number of hydrogen-bond donors (Lipinski definition) is 1. The van der Waals surface area contributed by atoms with Gasteiger partial charge < -0.3 is 14.4 Å². The number of ether oxygens (including phenoxy) is 1. The van der Waals surface area contributed by atoms with Crippen molar-refractivity contribution in [3.05, 3.63) is 42.2 Å². The molecule has 3 rings (SSSR count). The number of nitrogens with zero attached hydrogens (tertiary/aromatic N) is 3. The fourth-order valence-electron chi connectivity index (χ4n) is 3.11. The van der Waals surface area contributed by atoms with E-state index in [0.717, 1.165) is 0 Å². The highest BCUT2D eigenvalue weighted by molar-refractivity contribution is 7.72. The van der Waals surface area contributed by atoms with Crippen LogP contribution in [0.4, 0.5) is 0 Å². The Balaban J connectivity index is 2.08. The third-order valence-corrected chi connectivity index (χ3v) is 7.89. The predicted octanol–water partition coefficient (Wildman–Crippen LogP) is 1.41. The van der Waals surface area contributed by atoms with E-state index in [1.165, 1.54) is 18.0 Å². The maximum Gasteiger partial charge on any atom is 0.360 e. The molecule has 23 heavy (non-hydrogen) atoms. The molecule has 3 atom stereocenters. The van der Waals surface area contributed by atoms with Gasteiger partial charge in [-0.05, 0) is 13.3 Å². The standard InChI is InChI=1S/C15H18N3O4P/c1-15(20)8-9-23(21,11-6-4-3-5-7-11)14(15)18-10-12(16-17-18)13(19)22-2/h3-7,10,14,20H,8-9H2,1-2H3/t14-,15-,23?/m1/s1. The Morgan fingerprint density at radius 2 is 2.13 bits per heavy atom. The number of hydrogen-bond acceptors (Lipinski definition) is 6. The molecule has 2 aromatic rings. The Labute approximate surface area is 133 Å². The number of aromatic nitrogens is 3. The van der Waals surface area contributed by atoms with Gasteiger partial charge in [0.1, 0.15) is 12.9 Å². The van der Waals surface area contributed by atoms with Crippen molar-refractivity contribution in [1.82, 2.24) is 15.0 Å². The first kappa shape index (κ1) is 15.9. The van der Waals surface area contributed by atoms with E-state index in [0.29, 0.717) is 17.9 Å². The SMILES string of the molecule is COC(=O)c1cn([C@H]2[C@](C)(O)CCP2(=O)c2ccccc2)nn1. The van der Waals surface area contributed by atoms with Crippen LogP contribution >= 0.6 is 7.14 Å². The highest BCUT2D eigenvalue weighted by atomic mass is 31.2. The van der Waals surface area contributed by atoms with E-state index in [2.05, 4.69) is 15.0 Å². The first-order valence-corrected chi connectivity index (χ1v) is 9.21. The second-order valence-electron chi connectivity index (χ2n) is 5.91. The van der Waals surface area contributed by atoms with Gasteiger partial charge in [0, 0.05) is 11.5 Å². The number of esters is 1. The average molecular weight is 335 g/mol. The van der Waals surface area contributed by atoms with Crippen LogP contribution in [0.1, 0.15) is 29.6 Å². The summed E-state index contributed by atoms with van der Waals surface area (Å²) in [4.78, 5) is 11.6. The van der Waals surface area contributed by atoms with Crippen LogP contribution in [-0.4, -0.2) is 44.9 Å². The Hall–Kier alpha value is -1.98. The summed E-state index contributed by atoms with van der Waals surface area (Å²) >= 11 is 0. The molecule has 8 heteroatoms. The third kappa shape index (κ3) is 2.60. The van der Waals surface area contributed by atoms with E-state index >= 15 is 0 Å². The van der Waals surface area contributed by atoms with Gasteiger partial charge in [-0.25, -0.2) is 9.48 Å². The molecule has 0 amide bonds. The first-order valence-electron chi connectivity index (χ1n) is 7.25. The molecule has 0 spiro atoms. The molecule has 1 aliphatic heterocycles. The van der Waals surface area contributed by atoms with Gasteiger partial charge in [-0.1, -0.05) is 35.5 Å². The zero-order chi connectivity index (χ0) is 16.7. The largest absolute Gasteiger partial charge is 0.464 e. The van der Waals surface area contributed by atoms with Crippen molar-refractivity contribution in [1.29, 1.82) is 0 Å². The summed E-state index contributed by atoms with van der Waals surface area (Å²) in [5, 5.41) is 19.1. The van der Waals surface area contributed by atoms with Crippen molar-refractivity contribution < 1.29 is 19.2 Å². The topological polar surface area (TPSA) is 94.3 Å². The lowest BCUT2D eigenvalue weighted by Gasteiger charge is -2.29. The molecule has 1 aromatic carbocycles. The molecule has 0 radical (unpaired) electrons. The van der Waals surface area contributed by atoms with Gasteiger partial charge in [0.15, 0.2) is 5.69 Å². The summed E-state index contributed by atoms with van der Waals surface area (Å²) in [7, 11) is -1.69. The second-order valence-corrected chi connectivity index (χ2v) is 8.95. The first-order chi connectivity index (χ1) is 10.9. The number of rotatable bonds is 3. The van der Waals surface area contributed by atoms with Gasteiger partial charge in [-0.3, -0.25) is 0 Å². The van der Waals surface area contributed by atoms with Gasteiger partial charge in [-0.15, -0.1) is 5.10 Å². The Bertz CT molecular complexity index is 772. The van der Waals surface area contributed by atoms with Crippen LogP contribution in [0.3, 0.4) is 0 Å². The highest BCUT2D eigenvalue weighted by Crippen LogP contribution is 2.66. The number of carbonyl (C=O) groups is 1. The summed E-state index contributed by atoms with van der Waals surface area (Å²) in [5.74, 6) is -1.38. The number of carbonyl (C=O) groups excluding carboxylic acids is 1. The molecule has 1 aromatic heterocycles.